The number of nitrogens with zero attached hydrogens (tertiary/aromatic N) is 2. The van der Waals surface area contributed by atoms with E-state index in [2.05, 4.69) is 45.0 Å². The highest BCUT2D eigenvalue weighted by molar-refractivity contribution is 7.98. The van der Waals surface area contributed by atoms with E-state index in [1.165, 1.54) is 24.3 Å². The molecule has 134 valence electrons. The number of aliphatic imine (C=N–C) groups is 1. The lowest BCUT2D eigenvalue weighted by Crippen LogP contribution is -2.51. The van der Waals surface area contributed by atoms with Crippen molar-refractivity contribution in [2.75, 3.05) is 50.7 Å². The third-order valence-corrected chi connectivity index (χ3v) is 4.92. The molecule has 1 aromatic carbocycles. The van der Waals surface area contributed by atoms with E-state index in [0.29, 0.717) is 6.04 Å². The molecule has 0 spiro atoms. The van der Waals surface area contributed by atoms with E-state index in [9.17, 15) is 0 Å². The molecule has 6 heteroatoms. The van der Waals surface area contributed by atoms with E-state index >= 15 is 0 Å². The van der Waals surface area contributed by atoms with Gasteiger partial charge in [0.1, 0.15) is 5.75 Å². The lowest BCUT2D eigenvalue weighted by atomic mass is 10.0. The number of anilines is 1. The Bertz CT molecular complexity index is 523. The molecule has 1 unspecified atom stereocenters. The third kappa shape index (κ3) is 5.82. The van der Waals surface area contributed by atoms with Crippen LogP contribution in [0.15, 0.2) is 29.3 Å². The maximum Gasteiger partial charge on any atom is 0.191 e. The molecule has 1 atom stereocenters. The molecule has 0 aromatic heterocycles. The van der Waals surface area contributed by atoms with Gasteiger partial charge in [-0.05, 0) is 43.4 Å². The van der Waals surface area contributed by atoms with E-state index in [1.807, 2.05) is 24.9 Å². The van der Waals surface area contributed by atoms with E-state index in [1.54, 1.807) is 7.11 Å². The van der Waals surface area contributed by atoms with Crippen LogP contribution in [0, 0.1) is 0 Å². The van der Waals surface area contributed by atoms with Crippen molar-refractivity contribution in [3.05, 3.63) is 24.3 Å². The quantitative estimate of drug-likeness (QED) is 0.450. The molecule has 0 saturated carbocycles. The van der Waals surface area contributed by atoms with Gasteiger partial charge in [0.05, 0.1) is 7.11 Å². The maximum absolute atomic E-state index is 5.35. The van der Waals surface area contributed by atoms with Crippen molar-refractivity contribution >= 4 is 23.4 Å². The molecule has 1 saturated heterocycles. The molecule has 0 amide bonds. The van der Waals surface area contributed by atoms with Gasteiger partial charge in [-0.1, -0.05) is 6.07 Å². The summed E-state index contributed by atoms with van der Waals surface area (Å²) in [6, 6.07) is 8.72. The van der Waals surface area contributed by atoms with E-state index < -0.39 is 0 Å². The first-order valence-corrected chi connectivity index (χ1v) is 10.0. The van der Waals surface area contributed by atoms with E-state index in [4.69, 9.17) is 4.74 Å². The van der Waals surface area contributed by atoms with Crippen LogP contribution in [0.2, 0.25) is 0 Å². The second-order valence-corrected chi connectivity index (χ2v) is 6.96. The normalized spacial score (nSPS) is 18.4. The van der Waals surface area contributed by atoms with Gasteiger partial charge < -0.3 is 20.3 Å². The van der Waals surface area contributed by atoms with Gasteiger partial charge in [0.25, 0.3) is 0 Å². The number of hydrogen-bond donors (Lipinski definition) is 2. The second-order valence-electron chi connectivity index (χ2n) is 5.98. The van der Waals surface area contributed by atoms with Crippen LogP contribution in [0.1, 0.15) is 19.3 Å². The molecule has 1 fully saturated rings. The summed E-state index contributed by atoms with van der Waals surface area (Å²) in [6.45, 7) is 3.04. The number of benzene rings is 1. The predicted molar refractivity (Wildman–Crippen MR) is 106 cm³/mol. The minimum Gasteiger partial charge on any atom is -0.497 e. The summed E-state index contributed by atoms with van der Waals surface area (Å²) in [7, 11) is 3.55. The largest absolute Gasteiger partial charge is 0.497 e. The van der Waals surface area contributed by atoms with Crippen molar-refractivity contribution in [2.24, 2.45) is 4.99 Å². The fraction of sp³-hybridized carbons (Fsp3) is 0.611. The summed E-state index contributed by atoms with van der Waals surface area (Å²) in [4.78, 5) is 6.78. The van der Waals surface area contributed by atoms with Crippen LogP contribution in [-0.4, -0.2) is 57.8 Å². The minimum atomic E-state index is 0.414. The van der Waals surface area contributed by atoms with Gasteiger partial charge in [0, 0.05) is 44.5 Å². The van der Waals surface area contributed by atoms with Crippen LogP contribution in [0.5, 0.6) is 5.75 Å². The fourth-order valence-corrected chi connectivity index (χ4v) is 3.38. The first kappa shape index (κ1) is 18.8. The first-order valence-electron chi connectivity index (χ1n) is 8.62. The number of thioether (sulfide) groups is 1. The van der Waals surface area contributed by atoms with Gasteiger partial charge in [0.15, 0.2) is 5.96 Å². The Balaban J connectivity index is 1.87. The number of rotatable bonds is 7. The summed E-state index contributed by atoms with van der Waals surface area (Å²) in [5.41, 5.74) is 1.23. The Hall–Kier alpha value is -1.56. The number of hydrogen-bond acceptors (Lipinski definition) is 4. The molecular formula is C18H30N4OS. The standard InChI is InChI=1S/C18H30N4OS/c1-19-18(20-10-6-12-24-3)21-15-7-5-11-22(14-15)16-8-4-9-17(13-16)23-2/h4,8-9,13,15H,5-7,10-12,14H2,1-3H3,(H2,19,20,21). The molecule has 1 heterocycles. The van der Waals surface area contributed by atoms with Crippen molar-refractivity contribution in [2.45, 2.75) is 25.3 Å². The zero-order valence-corrected chi connectivity index (χ0v) is 15.9. The first-order chi connectivity index (χ1) is 11.8. The molecule has 0 bridgehead atoms. The molecule has 0 radical (unpaired) electrons. The average Bonchev–Trinajstić information content (AvgIpc) is 2.64. The highest BCUT2D eigenvalue weighted by Gasteiger charge is 2.21. The Kier molecular flexibility index (Phi) is 8.08. The van der Waals surface area contributed by atoms with Gasteiger partial charge in [0.2, 0.25) is 0 Å². The van der Waals surface area contributed by atoms with Gasteiger partial charge in [-0.15, -0.1) is 0 Å². The van der Waals surface area contributed by atoms with Crippen LogP contribution in [0.3, 0.4) is 0 Å². The summed E-state index contributed by atoms with van der Waals surface area (Å²) < 4.78 is 5.35. The lowest BCUT2D eigenvalue weighted by Gasteiger charge is -2.35. The fourth-order valence-electron chi connectivity index (χ4n) is 2.95. The Morgan fingerprint density at radius 2 is 2.33 bits per heavy atom. The SMILES string of the molecule is CN=C(NCCCSC)NC1CCCN(c2cccc(OC)c2)C1. The summed E-state index contributed by atoms with van der Waals surface area (Å²) in [5, 5.41) is 6.98. The zero-order valence-electron chi connectivity index (χ0n) is 15.0. The van der Waals surface area contributed by atoms with Crippen LogP contribution in [-0.2, 0) is 0 Å². The van der Waals surface area contributed by atoms with Gasteiger partial charge in [-0.2, -0.15) is 11.8 Å². The van der Waals surface area contributed by atoms with Crippen molar-refractivity contribution in [1.29, 1.82) is 0 Å². The molecule has 24 heavy (non-hydrogen) atoms. The molecule has 1 aliphatic rings. The molecular weight excluding hydrogens is 320 g/mol. The molecule has 1 aliphatic heterocycles. The molecule has 2 rings (SSSR count). The van der Waals surface area contributed by atoms with Crippen LogP contribution in [0.25, 0.3) is 0 Å². The number of ether oxygens (including phenoxy) is 1. The van der Waals surface area contributed by atoms with Gasteiger partial charge >= 0.3 is 0 Å². The zero-order chi connectivity index (χ0) is 17.2. The minimum absolute atomic E-state index is 0.414. The van der Waals surface area contributed by atoms with Crippen molar-refractivity contribution in [3.8, 4) is 5.75 Å². The summed E-state index contributed by atoms with van der Waals surface area (Å²) in [5.74, 6) is 3.00. The smallest absolute Gasteiger partial charge is 0.191 e. The topological polar surface area (TPSA) is 48.9 Å². The Labute approximate surface area is 150 Å². The highest BCUT2D eigenvalue weighted by Crippen LogP contribution is 2.24. The van der Waals surface area contributed by atoms with Crippen LogP contribution in [0.4, 0.5) is 5.69 Å². The Morgan fingerprint density at radius 1 is 1.46 bits per heavy atom. The molecule has 5 nitrogen and oxygen atoms in total. The van der Waals surface area contributed by atoms with E-state index in [0.717, 1.165) is 37.8 Å². The summed E-state index contributed by atoms with van der Waals surface area (Å²) >= 11 is 1.88. The van der Waals surface area contributed by atoms with E-state index in [-0.39, 0.29) is 0 Å². The number of nitrogens with one attached hydrogen (secondary N) is 2. The Morgan fingerprint density at radius 3 is 3.08 bits per heavy atom. The van der Waals surface area contributed by atoms with Gasteiger partial charge in [-0.3, -0.25) is 4.99 Å². The van der Waals surface area contributed by atoms with Crippen molar-refractivity contribution < 1.29 is 4.74 Å². The predicted octanol–water partition coefficient (Wildman–Crippen LogP) is 2.58. The van der Waals surface area contributed by atoms with Gasteiger partial charge in [-0.25, -0.2) is 0 Å². The van der Waals surface area contributed by atoms with Crippen molar-refractivity contribution in [3.63, 3.8) is 0 Å². The third-order valence-electron chi connectivity index (χ3n) is 4.22. The highest BCUT2D eigenvalue weighted by atomic mass is 32.2. The second kappa shape index (κ2) is 10.3. The monoisotopic (exact) mass is 350 g/mol. The van der Waals surface area contributed by atoms with Crippen LogP contribution >= 0.6 is 11.8 Å². The molecule has 2 N–H and O–H groups in total. The number of guanidine groups is 1. The van der Waals surface area contributed by atoms with Crippen molar-refractivity contribution in [1.82, 2.24) is 10.6 Å². The maximum atomic E-state index is 5.35. The van der Waals surface area contributed by atoms with Crippen LogP contribution < -0.4 is 20.3 Å². The summed E-state index contributed by atoms with van der Waals surface area (Å²) in [6.07, 6.45) is 5.65. The lowest BCUT2D eigenvalue weighted by molar-refractivity contribution is 0.414. The average molecular weight is 351 g/mol. The molecule has 0 aliphatic carbocycles. The number of methoxy groups -OCH3 is 1. The molecule has 1 aromatic rings. The number of piperidine rings is 1.